The Kier molecular flexibility index (Phi) is 4.48. The van der Waals surface area contributed by atoms with Crippen LogP contribution in [-0.2, 0) is 11.8 Å². The zero-order chi connectivity index (χ0) is 16.4. The molecule has 122 valence electrons. The Morgan fingerprint density at radius 2 is 2.09 bits per heavy atom. The van der Waals surface area contributed by atoms with Crippen molar-refractivity contribution < 1.29 is 4.79 Å². The van der Waals surface area contributed by atoms with E-state index < -0.39 is 0 Å². The van der Waals surface area contributed by atoms with Gasteiger partial charge in [0.1, 0.15) is 5.82 Å². The number of aromatic nitrogens is 2. The zero-order valence-electron chi connectivity index (χ0n) is 14.0. The van der Waals surface area contributed by atoms with Gasteiger partial charge in [-0.25, -0.2) is 4.98 Å². The minimum Gasteiger partial charge on any atom is -0.337 e. The van der Waals surface area contributed by atoms with Crippen LogP contribution in [0.3, 0.4) is 0 Å². The summed E-state index contributed by atoms with van der Waals surface area (Å²) < 4.78 is 2.03. The first-order chi connectivity index (χ1) is 11.1. The number of rotatable bonds is 5. The van der Waals surface area contributed by atoms with Crippen molar-refractivity contribution in [2.45, 2.75) is 38.8 Å². The molecule has 1 saturated heterocycles. The minimum atomic E-state index is 0.155. The monoisotopic (exact) mass is 312 g/mol. The van der Waals surface area contributed by atoms with Crippen LogP contribution in [0.2, 0.25) is 0 Å². The smallest absolute Gasteiger partial charge is 0.227 e. The molecule has 0 spiro atoms. The van der Waals surface area contributed by atoms with Gasteiger partial charge in [-0.15, -0.1) is 0 Å². The van der Waals surface area contributed by atoms with Gasteiger partial charge in [0.05, 0.1) is 6.04 Å². The Labute approximate surface area is 137 Å². The lowest BCUT2D eigenvalue weighted by molar-refractivity contribution is -0.117. The maximum Gasteiger partial charge on any atom is 0.227 e. The van der Waals surface area contributed by atoms with Gasteiger partial charge >= 0.3 is 0 Å². The Morgan fingerprint density at radius 3 is 2.74 bits per heavy atom. The molecule has 0 radical (unpaired) electrons. The number of imidazole rings is 1. The molecule has 2 aromatic rings. The Bertz CT molecular complexity index is 694. The van der Waals surface area contributed by atoms with Gasteiger partial charge in [-0.1, -0.05) is 12.1 Å². The topological polar surface area (TPSA) is 50.2 Å². The summed E-state index contributed by atoms with van der Waals surface area (Å²) >= 11 is 0. The van der Waals surface area contributed by atoms with Crippen molar-refractivity contribution >= 4 is 11.6 Å². The lowest BCUT2D eigenvalue weighted by atomic mass is 10.1. The molecule has 2 unspecified atom stereocenters. The van der Waals surface area contributed by atoms with E-state index in [1.807, 2.05) is 41.0 Å². The summed E-state index contributed by atoms with van der Waals surface area (Å²) in [5.41, 5.74) is 2.19. The molecule has 1 fully saturated rings. The SMILES string of the molecule is CC(NC(C)c1nccn1C)c1cccc(N2CCCC2=O)c1. The number of carbonyl (C=O) groups is 1. The molecule has 1 N–H and O–H groups in total. The lowest BCUT2D eigenvalue weighted by Gasteiger charge is -2.22. The van der Waals surface area contributed by atoms with Crippen molar-refractivity contribution in [1.29, 1.82) is 0 Å². The molecular weight excluding hydrogens is 288 g/mol. The molecule has 0 aliphatic carbocycles. The third-order valence-corrected chi connectivity index (χ3v) is 4.50. The van der Waals surface area contributed by atoms with Crippen molar-refractivity contribution in [2.24, 2.45) is 7.05 Å². The van der Waals surface area contributed by atoms with Crippen molar-refractivity contribution in [2.75, 3.05) is 11.4 Å². The normalized spacial score (nSPS) is 17.5. The molecule has 0 saturated carbocycles. The fourth-order valence-corrected chi connectivity index (χ4v) is 3.22. The summed E-state index contributed by atoms with van der Waals surface area (Å²) in [6.45, 7) is 5.09. The van der Waals surface area contributed by atoms with E-state index in [0.717, 1.165) is 24.5 Å². The second-order valence-electron chi connectivity index (χ2n) is 6.25. The summed E-state index contributed by atoms with van der Waals surface area (Å²) in [5.74, 6) is 1.24. The van der Waals surface area contributed by atoms with Crippen LogP contribution < -0.4 is 10.2 Å². The van der Waals surface area contributed by atoms with E-state index in [0.29, 0.717) is 6.42 Å². The highest BCUT2D eigenvalue weighted by Gasteiger charge is 2.22. The number of nitrogens with zero attached hydrogens (tertiary/aromatic N) is 3. The van der Waals surface area contributed by atoms with Gasteiger partial charge in [-0.05, 0) is 38.0 Å². The number of aryl methyl sites for hydroxylation is 1. The molecular formula is C18H24N4O. The molecule has 2 heterocycles. The standard InChI is InChI=1S/C18H24N4O/c1-13(20-14(2)18-19-9-11-21(18)3)15-6-4-7-16(12-15)22-10-5-8-17(22)23/h4,6-7,9,11-14,20H,5,8,10H2,1-3H3. The first kappa shape index (κ1) is 15.7. The summed E-state index contributed by atoms with van der Waals surface area (Å²) in [6, 6.07) is 8.60. The first-order valence-corrected chi connectivity index (χ1v) is 8.20. The lowest BCUT2D eigenvalue weighted by Crippen LogP contribution is -2.26. The van der Waals surface area contributed by atoms with Crippen LogP contribution in [0.25, 0.3) is 0 Å². The van der Waals surface area contributed by atoms with Crippen LogP contribution in [0.1, 0.15) is 50.2 Å². The summed E-state index contributed by atoms with van der Waals surface area (Å²) in [7, 11) is 2.00. The Hall–Kier alpha value is -2.14. The molecule has 1 aliphatic rings. The Balaban J connectivity index is 1.73. The largest absolute Gasteiger partial charge is 0.337 e. The molecule has 0 bridgehead atoms. The summed E-state index contributed by atoms with van der Waals surface area (Å²) in [4.78, 5) is 18.2. The molecule has 2 atom stereocenters. The molecule has 23 heavy (non-hydrogen) atoms. The van der Waals surface area contributed by atoms with E-state index in [1.54, 1.807) is 0 Å². The van der Waals surface area contributed by atoms with Gasteiger partial charge in [-0.3, -0.25) is 4.79 Å². The van der Waals surface area contributed by atoms with Crippen LogP contribution >= 0.6 is 0 Å². The second-order valence-corrected chi connectivity index (χ2v) is 6.25. The predicted molar refractivity (Wildman–Crippen MR) is 91.2 cm³/mol. The van der Waals surface area contributed by atoms with E-state index in [2.05, 4.69) is 36.3 Å². The van der Waals surface area contributed by atoms with Gasteiger partial charge in [0.25, 0.3) is 0 Å². The van der Waals surface area contributed by atoms with E-state index >= 15 is 0 Å². The summed E-state index contributed by atoms with van der Waals surface area (Å²) in [5, 5.41) is 3.58. The maximum absolute atomic E-state index is 11.9. The van der Waals surface area contributed by atoms with E-state index in [-0.39, 0.29) is 18.0 Å². The van der Waals surface area contributed by atoms with Gasteiger partial charge in [-0.2, -0.15) is 0 Å². The van der Waals surface area contributed by atoms with E-state index in [4.69, 9.17) is 0 Å². The minimum absolute atomic E-state index is 0.155. The third-order valence-electron chi connectivity index (χ3n) is 4.50. The maximum atomic E-state index is 11.9. The molecule has 5 heteroatoms. The molecule has 1 aliphatic heterocycles. The average molecular weight is 312 g/mol. The van der Waals surface area contributed by atoms with Crippen LogP contribution in [0.4, 0.5) is 5.69 Å². The number of carbonyl (C=O) groups excluding carboxylic acids is 1. The molecule has 5 nitrogen and oxygen atoms in total. The van der Waals surface area contributed by atoms with Crippen LogP contribution in [0.5, 0.6) is 0 Å². The number of nitrogens with one attached hydrogen (secondary N) is 1. The van der Waals surface area contributed by atoms with Crippen molar-refractivity contribution in [3.05, 3.63) is 48.0 Å². The first-order valence-electron chi connectivity index (χ1n) is 8.20. The number of anilines is 1. The highest BCUT2D eigenvalue weighted by atomic mass is 16.2. The summed E-state index contributed by atoms with van der Waals surface area (Å²) in [6.07, 6.45) is 5.39. The predicted octanol–water partition coefficient (Wildman–Crippen LogP) is 2.96. The highest BCUT2D eigenvalue weighted by Crippen LogP contribution is 2.26. The molecule has 1 aromatic carbocycles. The third kappa shape index (κ3) is 3.29. The van der Waals surface area contributed by atoms with Crippen LogP contribution in [0, 0.1) is 0 Å². The van der Waals surface area contributed by atoms with Crippen molar-refractivity contribution in [1.82, 2.24) is 14.9 Å². The van der Waals surface area contributed by atoms with Gasteiger partial charge < -0.3 is 14.8 Å². The number of hydrogen-bond donors (Lipinski definition) is 1. The molecule has 1 amide bonds. The van der Waals surface area contributed by atoms with E-state index in [9.17, 15) is 4.79 Å². The molecule has 3 rings (SSSR count). The number of amides is 1. The zero-order valence-corrected chi connectivity index (χ0v) is 14.0. The van der Waals surface area contributed by atoms with E-state index in [1.165, 1.54) is 5.56 Å². The number of benzene rings is 1. The number of hydrogen-bond acceptors (Lipinski definition) is 3. The van der Waals surface area contributed by atoms with Crippen molar-refractivity contribution in [3.8, 4) is 0 Å². The van der Waals surface area contributed by atoms with Crippen molar-refractivity contribution in [3.63, 3.8) is 0 Å². The van der Waals surface area contributed by atoms with Crippen LogP contribution in [0.15, 0.2) is 36.7 Å². The fraction of sp³-hybridized carbons (Fsp3) is 0.444. The molecule has 1 aromatic heterocycles. The quantitative estimate of drug-likeness (QED) is 0.923. The second kappa shape index (κ2) is 6.54. The van der Waals surface area contributed by atoms with Gasteiger partial charge in [0, 0.05) is 44.1 Å². The van der Waals surface area contributed by atoms with Gasteiger partial charge in [0.15, 0.2) is 0 Å². The van der Waals surface area contributed by atoms with Crippen LogP contribution in [-0.4, -0.2) is 22.0 Å². The van der Waals surface area contributed by atoms with Gasteiger partial charge in [0.2, 0.25) is 5.91 Å². The highest BCUT2D eigenvalue weighted by molar-refractivity contribution is 5.95. The Morgan fingerprint density at radius 1 is 1.26 bits per heavy atom. The fourth-order valence-electron chi connectivity index (χ4n) is 3.22. The average Bonchev–Trinajstić information content (AvgIpc) is 3.15.